The molecule has 0 aliphatic carbocycles. The van der Waals surface area contributed by atoms with Gasteiger partial charge in [-0.2, -0.15) is 13.2 Å². The van der Waals surface area contributed by atoms with Crippen molar-refractivity contribution < 1.29 is 22.8 Å². The summed E-state index contributed by atoms with van der Waals surface area (Å²) in [5, 5.41) is 2.72. The van der Waals surface area contributed by atoms with Crippen LogP contribution in [0.15, 0.2) is 55.4 Å². The lowest BCUT2D eigenvalue weighted by Gasteiger charge is -2.11. The minimum atomic E-state index is -4.48. The van der Waals surface area contributed by atoms with Gasteiger partial charge in [-0.25, -0.2) is 4.98 Å². The maximum atomic E-state index is 12.8. The summed E-state index contributed by atoms with van der Waals surface area (Å²) in [6, 6.07) is 7.09. The molecule has 0 saturated heterocycles. The Balaban J connectivity index is 1.55. The van der Waals surface area contributed by atoms with Crippen molar-refractivity contribution in [2.45, 2.75) is 19.3 Å². The molecule has 2 amide bonds. The minimum Gasteiger partial charge on any atom is -0.331 e. The molecule has 0 radical (unpaired) electrons. The van der Waals surface area contributed by atoms with E-state index in [1.807, 2.05) is 6.07 Å². The maximum absolute atomic E-state index is 12.8. The number of alkyl halides is 3. The van der Waals surface area contributed by atoms with Gasteiger partial charge in [-0.3, -0.25) is 14.0 Å². The van der Waals surface area contributed by atoms with Gasteiger partial charge in [0.15, 0.2) is 0 Å². The normalized spacial score (nSPS) is 13.4. The molecule has 1 aromatic carbocycles. The Hall–Kier alpha value is -3.62. The number of aromatic nitrogens is 2. The molecule has 4 rings (SSSR count). The lowest BCUT2D eigenvalue weighted by atomic mass is 10.1. The van der Waals surface area contributed by atoms with Crippen LogP contribution in [0, 0.1) is 0 Å². The van der Waals surface area contributed by atoms with Gasteiger partial charge in [0.2, 0.25) is 5.91 Å². The van der Waals surface area contributed by atoms with Gasteiger partial charge < -0.3 is 10.2 Å². The Kier molecular flexibility index (Phi) is 4.37. The summed E-state index contributed by atoms with van der Waals surface area (Å²) in [7, 11) is 0. The second kappa shape index (κ2) is 6.77. The summed E-state index contributed by atoms with van der Waals surface area (Å²) in [6.07, 6.45) is -0.838. The molecule has 1 aliphatic rings. The number of rotatable bonds is 3. The van der Waals surface area contributed by atoms with Gasteiger partial charge in [0.1, 0.15) is 11.3 Å². The van der Waals surface area contributed by atoms with E-state index in [0.717, 1.165) is 23.3 Å². The van der Waals surface area contributed by atoms with Crippen LogP contribution in [0.3, 0.4) is 0 Å². The predicted molar refractivity (Wildman–Crippen MR) is 99.0 cm³/mol. The number of anilines is 1. The van der Waals surface area contributed by atoms with E-state index < -0.39 is 17.6 Å². The van der Waals surface area contributed by atoms with Crippen molar-refractivity contribution in [3.05, 3.63) is 77.8 Å². The number of halogens is 3. The molecule has 29 heavy (non-hydrogen) atoms. The van der Waals surface area contributed by atoms with E-state index in [0.29, 0.717) is 18.8 Å². The van der Waals surface area contributed by atoms with E-state index in [1.54, 1.807) is 17.0 Å². The van der Waals surface area contributed by atoms with Crippen LogP contribution < -0.4 is 5.32 Å². The van der Waals surface area contributed by atoms with Crippen LogP contribution in [0.5, 0.6) is 0 Å². The quantitative estimate of drug-likeness (QED) is 0.683. The summed E-state index contributed by atoms with van der Waals surface area (Å²) >= 11 is 0. The zero-order valence-electron chi connectivity index (χ0n) is 15.0. The van der Waals surface area contributed by atoms with Crippen LogP contribution in [0.4, 0.5) is 18.9 Å². The number of imidazole rings is 1. The van der Waals surface area contributed by atoms with E-state index in [1.165, 1.54) is 22.9 Å². The third-order valence-corrected chi connectivity index (χ3v) is 4.75. The smallest absolute Gasteiger partial charge is 0.331 e. The highest BCUT2D eigenvalue weighted by Gasteiger charge is 2.31. The fourth-order valence-electron chi connectivity index (χ4n) is 3.28. The van der Waals surface area contributed by atoms with Crippen LogP contribution >= 0.6 is 0 Å². The van der Waals surface area contributed by atoms with Gasteiger partial charge in [-0.1, -0.05) is 12.6 Å². The number of pyridine rings is 1. The van der Waals surface area contributed by atoms with Gasteiger partial charge in [-0.15, -0.1) is 0 Å². The van der Waals surface area contributed by atoms with Crippen LogP contribution in [0.1, 0.15) is 27.2 Å². The number of carbonyl (C=O) groups excluding carboxylic acids is 2. The van der Waals surface area contributed by atoms with Crippen molar-refractivity contribution in [1.82, 2.24) is 14.3 Å². The number of fused-ring (bicyclic) bond motifs is 2. The van der Waals surface area contributed by atoms with Crippen molar-refractivity contribution in [2.24, 2.45) is 0 Å². The van der Waals surface area contributed by atoms with Crippen molar-refractivity contribution in [3.8, 4) is 0 Å². The highest BCUT2D eigenvalue weighted by molar-refractivity contribution is 6.03. The molecule has 0 spiro atoms. The monoisotopic (exact) mass is 400 g/mol. The summed E-state index contributed by atoms with van der Waals surface area (Å²) in [5.41, 5.74) is 1.71. The molecular formula is C20H15F3N4O2. The number of benzene rings is 1. The van der Waals surface area contributed by atoms with E-state index >= 15 is 0 Å². The highest BCUT2D eigenvalue weighted by atomic mass is 19.4. The first-order valence-corrected chi connectivity index (χ1v) is 8.65. The van der Waals surface area contributed by atoms with Crippen LogP contribution in [0.25, 0.3) is 5.65 Å². The fourth-order valence-corrected chi connectivity index (χ4v) is 3.28. The molecule has 6 nitrogen and oxygen atoms in total. The SMILES string of the molecule is C=CC(=O)N1Cc2ccc(NC(=O)c3cnc4cc(C(F)(F)F)ccn34)cc2C1. The summed E-state index contributed by atoms with van der Waals surface area (Å²) in [6.45, 7) is 4.37. The summed E-state index contributed by atoms with van der Waals surface area (Å²) < 4.78 is 39.8. The molecule has 9 heteroatoms. The second-order valence-corrected chi connectivity index (χ2v) is 6.62. The molecular weight excluding hydrogens is 385 g/mol. The second-order valence-electron chi connectivity index (χ2n) is 6.62. The first-order chi connectivity index (χ1) is 13.8. The van der Waals surface area contributed by atoms with E-state index in [4.69, 9.17) is 0 Å². The first kappa shape index (κ1) is 18.7. The number of carbonyl (C=O) groups is 2. The Labute approximate surface area is 163 Å². The zero-order valence-corrected chi connectivity index (χ0v) is 15.0. The Morgan fingerprint density at radius 3 is 2.62 bits per heavy atom. The third kappa shape index (κ3) is 3.46. The average molecular weight is 400 g/mol. The Bertz CT molecular complexity index is 1150. The van der Waals surface area contributed by atoms with Crippen LogP contribution in [0.2, 0.25) is 0 Å². The van der Waals surface area contributed by atoms with Gasteiger partial charge in [0.25, 0.3) is 5.91 Å². The van der Waals surface area contributed by atoms with Crippen molar-refractivity contribution in [1.29, 1.82) is 0 Å². The lowest BCUT2D eigenvalue weighted by Crippen LogP contribution is -2.22. The number of hydrogen-bond acceptors (Lipinski definition) is 3. The largest absolute Gasteiger partial charge is 0.416 e. The zero-order chi connectivity index (χ0) is 20.8. The Morgan fingerprint density at radius 2 is 1.90 bits per heavy atom. The van der Waals surface area contributed by atoms with Crippen LogP contribution in [-0.2, 0) is 24.1 Å². The summed E-state index contributed by atoms with van der Waals surface area (Å²) in [5.74, 6) is -0.676. The topological polar surface area (TPSA) is 66.7 Å². The number of amides is 2. The predicted octanol–water partition coefficient (Wildman–Crippen LogP) is 3.63. The molecule has 1 aliphatic heterocycles. The standard InChI is InChI=1S/C20H15F3N4O2/c1-2-18(28)26-10-12-3-4-15(7-13(12)11-26)25-19(29)16-9-24-17-8-14(20(21,22)23)5-6-27(16)17/h2-9H,1,10-11H2,(H,25,29). The third-order valence-electron chi connectivity index (χ3n) is 4.75. The Morgan fingerprint density at radius 1 is 1.14 bits per heavy atom. The number of hydrogen-bond donors (Lipinski definition) is 1. The average Bonchev–Trinajstić information content (AvgIpc) is 3.29. The molecule has 148 valence electrons. The van der Waals surface area contributed by atoms with Crippen molar-refractivity contribution in [2.75, 3.05) is 5.32 Å². The molecule has 0 saturated carbocycles. The van der Waals surface area contributed by atoms with Gasteiger partial charge >= 0.3 is 6.18 Å². The molecule has 0 bridgehead atoms. The molecule has 3 aromatic rings. The van der Waals surface area contributed by atoms with Crippen LogP contribution in [-0.4, -0.2) is 26.1 Å². The molecule has 1 N–H and O–H groups in total. The molecule has 0 unspecified atom stereocenters. The minimum absolute atomic E-state index is 0.0255. The van der Waals surface area contributed by atoms with Gasteiger partial charge in [-0.05, 0) is 41.5 Å². The molecule has 3 heterocycles. The van der Waals surface area contributed by atoms with Crippen molar-refractivity contribution in [3.63, 3.8) is 0 Å². The molecule has 0 fully saturated rings. The number of nitrogens with zero attached hydrogens (tertiary/aromatic N) is 3. The summed E-state index contributed by atoms with van der Waals surface area (Å²) in [4.78, 5) is 29.9. The highest BCUT2D eigenvalue weighted by Crippen LogP contribution is 2.30. The van der Waals surface area contributed by atoms with E-state index in [2.05, 4.69) is 16.9 Å². The fraction of sp³-hybridized carbons (Fsp3) is 0.150. The maximum Gasteiger partial charge on any atom is 0.416 e. The van der Waals surface area contributed by atoms with Gasteiger partial charge in [0, 0.05) is 25.0 Å². The first-order valence-electron chi connectivity index (χ1n) is 8.65. The lowest BCUT2D eigenvalue weighted by molar-refractivity contribution is -0.137. The van der Waals surface area contributed by atoms with E-state index in [-0.39, 0.29) is 17.2 Å². The van der Waals surface area contributed by atoms with Gasteiger partial charge in [0.05, 0.1) is 11.8 Å². The van der Waals surface area contributed by atoms with Crippen molar-refractivity contribution >= 4 is 23.1 Å². The molecule has 0 atom stereocenters. The number of nitrogens with one attached hydrogen (secondary N) is 1. The molecule has 2 aromatic heterocycles. The van der Waals surface area contributed by atoms with E-state index in [9.17, 15) is 22.8 Å².